The third-order valence-corrected chi connectivity index (χ3v) is 5.94. The summed E-state index contributed by atoms with van der Waals surface area (Å²) >= 11 is 0. The van der Waals surface area contributed by atoms with Gasteiger partial charge in [0.05, 0.1) is 32.5 Å². The largest absolute Gasteiger partial charge is 0.374 e. The van der Waals surface area contributed by atoms with Gasteiger partial charge in [0.25, 0.3) is 0 Å². The van der Waals surface area contributed by atoms with Crippen LogP contribution in [-0.4, -0.2) is 36.3 Å². The highest BCUT2D eigenvalue weighted by Crippen LogP contribution is 2.31. The lowest BCUT2D eigenvalue weighted by Crippen LogP contribution is -2.56. The van der Waals surface area contributed by atoms with Crippen molar-refractivity contribution in [2.45, 2.75) is 51.3 Å². The molecule has 1 saturated heterocycles. The molecule has 0 bridgehead atoms. The van der Waals surface area contributed by atoms with Gasteiger partial charge in [0.2, 0.25) is 0 Å². The molecule has 0 aromatic heterocycles. The molecule has 1 aliphatic rings. The Hall–Kier alpha value is -2.54. The molecule has 0 saturated carbocycles. The molecule has 0 spiro atoms. The molecular weight excluding hydrogens is 416 g/mol. The van der Waals surface area contributed by atoms with E-state index in [0.29, 0.717) is 26.4 Å². The van der Waals surface area contributed by atoms with Crippen LogP contribution in [-0.2, 0) is 38.8 Å². The van der Waals surface area contributed by atoms with E-state index in [1.54, 1.807) is 0 Å². The van der Waals surface area contributed by atoms with E-state index in [1.807, 2.05) is 97.9 Å². The summed E-state index contributed by atoms with van der Waals surface area (Å²) < 4.78 is 24.6. The Bertz CT molecular complexity index is 934. The minimum Gasteiger partial charge on any atom is -0.374 e. The van der Waals surface area contributed by atoms with E-state index in [-0.39, 0.29) is 18.1 Å². The lowest BCUT2D eigenvalue weighted by atomic mass is 9.92. The Labute approximate surface area is 195 Å². The fourth-order valence-electron chi connectivity index (χ4n) is 4.04. The summed E-state index contributed by atoms with van der Waals surface area (Å²) in [7, 11) is 0. The van der Waals surface area contributed by atoms with Crippen LogP contribution >= 0.6 is 0 Å². The quantitative estimate of drug-likeness (QED) is 0.486. The zero-order chi connectivity index (χ0) is 22.9. The summed E-state index contributed by atoms with van der Waals surface area (Å²) in [6, 6.07) is 30.0. The molecule has 1 heterocycles. The highest BCUT2D eigenvalue weighted by molar-refractivity contribution is 5.15. The summed E-state index contributed by atoms with van der Waals surface area (Å²) in [6.45, 7) is 3.56. The fraction of sp³-hybridized carbons (Fsp3) is 0.357. The van der Waals surface area contributed by atoms with Crippen LogP contribution in [0.25, 0.3) is 0 Å². The normalized spacial score (nSPS) is 25.1. The first-order valence-corrected chi connectivity index (χ1v) is 11.5. The van der Waals surface area contributed by atoms with Crippen molar-refractivity contribution in [3.8, 4) is 0 Å². The van der Waals surface area contributed by atoms with Crippen LogP contribution in [0.3, 0.4) is 0 Å². The zero-order valence-electron chi connectivity index (χ0n) is 19.0. The number of aliphatic hydroxyl groups is 1. The first-order chi connectivity index (χ1) is 16.2. The van der Waals surface area contributed by atoms with Gasteiger partial charge in [-0.05, 0) is 16.7 Å². The van der Waals surface area contributed by atoms with Crippen molar-refractivity contribution in [3.05, 3.63) is 108 Å². The number of aliphatic hydroxyl groups excluding tert-OH is 1. The second-order valence-corrected chi connectivity index (χ2v) is 8.45. The van der Waals surface area contributed by atoms with Gasteiger partial charge in [-0.1, -0.05) is 97.9 Å². The van der Waals surface area contributed by atoms with Gasteiger partial charge in [-0.3, -0.25) is 0 Å². The lowest BCUT2D eigenvalue weighted by molar-refractivity contribution is -0.289. The van der Waals surface area contributed by atoms with E-state index in [4.69, 9.17) is 18.9 Å². The van der Waals surface area contributed by atoms with Gasteiger partial charge in [-0.2, -0.15) is 0 Å². The highest BCUT2D eigenvalue weighted by Gasteiger charge is 2.45. The van der Waals surface area contributed by atoms with Crippen LogP contribution in [0.1, 0.15) is 23.6 Å². The molecule has 5 nitrogen and oxygen atoms in total. The van der Waals surface area contributed by atoms with Gasteiger partial charge in [0, 0.05) is 5.92 Å². The SMILES string of the molecule is C[C@@H]1[C@@H](OCc2ccccc2)[C@@H](OCc2ccccc2)[C@@H](COCc2ccccc2)O[C@@H]1O. The standard InChI is InChI=1S/C28H32O5/c1-21-26(31-18-23-13-7-3-8-14-23)27(32-19-24-15-9-4-10-16-24)25(33-28(21)29)20-30-17-22-11-5-2-6-12-22/h2-16,21,25-29H,17-20H2,1H3/t21-,25-,26-,27+,28+/m1/s1. The molecular formula is C28H32O5. The van der Waals surface area contributed by atoms with Gasteiger partial charge >= 0.3 is 0 Å². The Balaban J connectivity index is 1.46. The molecule has 4 rings (SSSR count). The predicted octanol–water partition coefficient (Wildman–Crippen LogP) is 4.73. The molecule has 3 aromatic carbocycles. The summed E-state index contributed by atoms with van der Waals surface area (Å²) in [5.41, 5.74) is 3.23. The van der Waals surface area contributed by atoms with E-state index in [1.165, 1.54) is 0 Å². The van der Waals surface area contributed by atoms with E-state index >= 15 is 0 Å². The van der Waals surface area contributed by atoms with Crippen LogP contribution in [0.2, 0.25) is 0 Å². The van der Waals surface area contributed by atoms with Crippen LogP contribution in [0.4, 0.5) is 0 Å². The smallest absolute Gasteiger partial charge is 0.160 e. The van der Waals surface area contributed by atoms with Crippen molar-refractivity contribution >= 4 is 0 Å². The van der Waals surface area contributed by atoms with Crippen molar-refractivity contribution in [3.63, 3.8) is 0 Å². The van der Waals surface area contributed by atoms with Crippen LogP contribution in [0.5, 0.6) is 0 Å². The lowest BCUT2D eigenvalue weighted by Gasteiger charge is -2.43. The highest BCUT2D eigenvalue weighted by atomic mass is 16.6. The minimum atomic E-state index is -0.951. The molecule has 33 heavy (non-hydrogen) atoms. The molecule has 0 amide bonds. The summed E-state index contributed by atoms with van der Waals surface area (Å²) in [6.07, 6.45) is -2.14. The van der Waals surface area contributed by atoms with Crippen LogP contribution < -0.4 is 0 Å². The maximum absolute atomic E-state index is 10.6. The molecule has 0 unspecified atom stereocenters. The van der Waals surface area contributed by atoms with Gasteiger partial charge in [0.15, 0.2) is 6.29 Å². The number of benzene rings is 3. The Morgan fingerprint density at radius 1 is 0.667 bits per heavy atom. The molecule has 0 aliphatic carbocycles. The van der Waals surface area contributed by atoms with Crippen molar-refractivity contribution in [2.24, 2.45) is 5.92 Å². The second-order valence-electron chi connectivity index (χ2n) is 8.45. The minimum absolute atomic E-state index is 0.250. The number of ether oxygens (including phenoxy) is 4. The average Bonchev–Trinajstić information content (AvgIpc) is 2.86. The van der Waals surface area contributed by atoms with Gasteiger partial charge in [0.1, 0.15) is 12.2 Å². The first kappa shape index (κ1) is 23.6. The van der Waals surface area contributed by atoms with Gasteiger partial charge in [-0.15, -0.1) is 0 Å². The molecule has 1 aliphatic heterocycles. The van der Waals surface area contributed by atoms with Crippen LogP contribution in [0, 0.1) is 5.92 Å². The predicted molar refractivity (Wildman–Crippen MR) is 126 cm³/mol. The monoisotopic (exact) mass is 448 g/mol. The Kier molecular flexibility index (Phi) is 8.64. The Morgan fingerprint density at radius 2 is 1.12 bits per heavy atom. The van der Waals surface area contributed by atoms with Crippen molar-refractivity contribution in [1.82, 2.24) is 0 Å². The summed E-state index contributed by atoms with van der Waals surface area (Å²) in [5.74, 6) is -0.250. The zero-order valence-corrected chi connectivity index (χ0v) is 19.0. The molecule has 3 aromatic rings. The molecule has 1 fully saturated rings. The second kappa shape index (κ2) is 12.1. The first-order valence-electron chi connectivity index (χ1n) is 11.5. The maximum Gasteiger partial charge on any atom is 0.160 e. The third-order valence-electron chi connectivity index (χ3n) is 5.94. The van der Waals surface area contributed by atoms with Crippen molar-refractivity contribution in [1.29, 1.82) is 0 Å². The molecule has 5 heteroatoms. The van der Waals surface area contributed by atoms with Gasteiger partial charge in [-0.25, -0.2) is 0 Å². The van der Waals surface area contributed by atoms with E-state index in [0.717, 1.165) is 16.7 Å². The van der Waals surface area contributed by atoms with E-state index in [9.17, 15) is 5.11 Å². The third kappa shape index (κ3) is 6.73. The number of hydrogen-bond donors (Lipinski definition) is 1. The number of rotatable bonds is 10. The van der Waals surface area contributed by atoms with Crippen molar-refractivity contribution in [2.75, 3.05) is 6.61 Å². The average molecular weight is 449 g/mol. The number of hydrogen-bond acceptors (Lipinski definition) is 5. The van der Waals surface area contributed by atoms with Crippen LogP contribution in [0.15, 0.2) is 91.0 Å². The van der Waals surface area contributed by atoms with Gasteiger partial charge < -0.3 is 24.1 Å². The van der Waals surface area contributed by atoms with E-state index < -0.39 is 12.4 Å². The topological polar surface area (TPSA) is 57.2 Å². The maximum atomic E-state index is 10.6. The fourth-order valence-corrected chi connectivity index (χ4v) is 4.04. The Morgan fingerprint density at radius 3 is 1.64 bits per heavy atom. The molecule has 0 radical (unpaired) electrons. The molecule has 1 N–H and O–H groups in total. The molecule has 174 valence electrons. The molecule has 5 atom stereocenters. The summed E-state index contributed by atoms with van der Waals surface area (Å²) in [5, 5.41) is 10.6. The van der Waals surface area contributed by atoms with E-state index in [2.05, 4.69) is 0 Å². The summed E-state index contributed by atoms with van der Waals surface area (Å²) in [4.78, 5) is 0. The van der Waals surface area contributed by atoms with Crippen molar-refractivity contribution < 1.29 is 24.1 Å².